The molecule has 0 radical (unpaired) electrons. The third-order valence-electron chi connectivity index (χ3n) is 4.77. The number of amides is 2. The van der Waals surface area contributed by atoms with Gasteiger partial charge in [0.15, 0.2) is 0 Å². The highest BCUT2D eigenvalue weighted by atomic mass is 32.2. The molecule has 1 aliphatic heterocycles. The summed E-state index contributed by atoms with van der Waals surface area (Å²) in [5, 5.41) is 10.9. The van der Waals surface area contributed by atoms with E-state index in [0.29, 0.717) is 16.9 Å². The van der Waals surface area contributed by atoms with Crippen LogP contribution in [0.2, 0.25) is 0 Å². The number of fused-ring (bicyclic) bond motifs is 1. The summed E-state index contributed by atoms with van der Waals surface area (Å²) in [5.41, 5.74) is 1.48. The Hall–Kier alpha value is -3.85. The lowest BCUT2D eigenvalue weighted by Crippen LogP contribution is -2.38. The van der Waals surface area contributed by atoms with Crippen LogP contribution in [-0.4, -0.2) is 35.4 Å². The van der Waals surface area contributed by atoms with Crippen molar-refractivity contribution < 1.29 is 19.2 Å². The highest BCUT2D eigenvalue weighted by molar-refractivity contribution is 8.00. The molecule has 0 aromatic heterocycles. The van der Waals surface area contributed by atoms with Crippen molar-refractivity contribution in [2.24, 2.45) is 0 Å². The third kappa shape index (κ3) is 4.08. The topological polar surface area (TPSA) is 93.0 Å². The second-order valence-corrected chi connectivity index (χ2v) is 7.74. The lowest BCUT2D eigenvalue weighted by molar-refractivity contribution is -0.384. The number of imide groups is 1. The van der Waals surface area contributed by atoms with Gasteiger partial charge < -0.3 is 4.74 Å². The van der Waals surface area contributed by atoms with Gasteiger partial charge in [0.25, 0.3) is 17.5 Å². The van der Waals surface area contributed by atoms with Crippen molar-refractivity contribution in [1.82, 2.24) is 4.90 Å². The maximum Gasteiger partial charge on any atom is 0.269 e. The van der Waals surface area contributed by atoms with Crippen LogP contribution >= 0.6 is 11.9 Å². The first-order valence-corrected chi connectivity index (χ1v) is 10.0. The lowest BCUT2D eigenvalue weighted by Gasteiger charge is -2.27. The van der Waals surface area contributed by atoms with Crippen LogP contribution in [-0.2, 0) is 0 Å². The standard InChI is InChI=1S/C22H17N3O5S/c1-30-17-10-6-15(7-11-17)24(31-18-12-8-16(9-13-18)25(28)29)14-23-21(26)19-4-2-3-5-20(19)22(23)27/h2-13H,14H2,1H3. The second kappa shape index (κ2) is 8.49. The predicted octanol–water partition coefficient (Wildman–Crippen LogP) is 4.37. The predicted molar refractivity (Wildman–Crippen MR) is 116 cm³/mol. The minimum atomic E-state index is -0.464. The van der Waals surface area contributed by atoms with Crippen LogP contribution in [0.3, 0.4) is 0 Å². The zero-order chi connectivity index (χ0) is 22.0. The molecular weight excluding hydrogens is 418 g/mol. The van der Waals surface area contributed by atoms with Crippen molar-refractivity contribution in [2.45, 2.75) is 4.90 Å². The van der Waals surface area contributed by atoms with Crippen LogP contribution in [0.25, 0.3) is 0 Å². The molecule has 4 rings (SSSR count). The summed E-state index contributed by atoms with van der Waals surface area (Å²) in [4.78, 5) is 38.0. The Morgan fingerprint density at radius 1 is 0.935 bits per heavy atom. The molecule has 3 aromatic carbocycles. The molecule has 0 fully saturated rings. The SMILES string of the molecule is COc1ccc(N(CN2C(=O)c3ccccc3C2=O)Sc2ccc([N+](=O)[O-])cc2)cc1. The fourth-order valence-corrected chi connectivity index (χ4v) is 4.08. The average molecular weight is 435 g/mol. The molecule has 0 bridgehead atoms. The number of benzene rings is 3. The first-order valence-electron chi connectivity index (χ1n) is 9.27. The molecule has 0 unspecified atom stereocenters. The Labute approximate surface area is 182 Å². The van der Waals surface area contributed by atoms with E-state index in [1.165, 1.54) is 29.0 Å². The molecule has 31 heavy (non-hydrogen) atoms. The first-order chi connectivity index (χ1) is 15.0. The molecule has 8 nitrogen and oxygen atoms in total. The number of hydrogen-bond donors (Lipinski definition) is 0. The fourth-order valence-electron chi connectivity index (χ4n) is 3.16. The van der Waals surface area contributed by atoms with Gasteiger partial charge in [0.2, 0.25) is 0 Å². The third-order valence-corrected chi connectivity index (χ3v) is 5.80. The van der Waals surface area contributed by atoms with Crippen LogP contribution in [0.1, 0.15) is 20.7 Å². The largest absolute Gasteiger partial charge is 0.497 e. The Balaban J connectivity index is 1.63. The van der Waals surface area contributed by atoms with Crippen LogP contribution in [0.15, 0.2) is 77.7 Å². The van der Waals surface area contributed by atoms with Crippen molar-refractivity contribution in [3.8, 4) is 5.75 Å². The smallest absolute Gasteiger partial charge is 0.269 e. The van der Waals surface area contributed by atoms with E-state index >= 15 is 0 Å². The maximum atomic E-state index is 12.8. The van der Waals surface area contributed by atoms with Crippen molar-refractivity contribution in [3.63, 3.8) is 0 Å². The number of carbonyl (C=O) groups excluding carboxylic acids is 2. The van der Waals surface area contributed by atoms with Gasteiger partial charge in [0.1, 0.15) is 12.4 Å². The number of nitro groups is 1. The van der Waals surface area contributed by atoms with Crippen LogP contribution < -0.4 is 9.04 Å². The van der Waals surface area contributed by atoms with E-state index < -0.39 is 4.92 Å². The summed E-state index contributed by atoms with van der Waals surface area (Å²) in [5.74, 6) is -0.0448. The highest BCUT2D eigenvalue weighted by Crippen LogP contribution is 2.33. The van der Waals surface area contributed by atoms with E-state index in [0.717, 1.165) is 10.6 Å². The molecule has 9 heteroatoms. The van der Waals surface area contributed by atoms with Crippen molar-refractivity contribution in [2.75, 3.05) is 18.1 Å². The Bertz CT molecular complexity index is 1110. The molecule has 1 aliphatic rings. The van der Waals surface area contributed by atoms with Gasteiger partial charge in [-0.15, -0.1) is 0 Å². The van der Waals surface area contributed by atoms with Gasteiger partial charge in [-0.1, -0.05) is 12.1 Å². The molecule has 156 valence electrons. The van der Waals surface area contributed by atoms with Gasteiger partial charge in [0.05, 0.1) is 23.2 Å². The second-order valence-electron chi connectivity index (χ2n) is 6.64. The number of nitro benzene ring substituents is 1. The summed E-state index contributed by atoms with van der Waals surface area (Å²) in [7, 11) is 1.57. The van der Waals surface area contributed by atoms with Gasteiger partial charge in [-0.05, 0) is 60.5 Å². The highest BCUT2D eigenvalue weighted by Gasteiger charge is 2.36. The molecule has 0 saturated heterocycles. The number of nitrogens with zero attached hydrogens (tertiary/aromatic N) is 3. The van der Waals surface area contributed by atoms with Crippen molar-refractivity contribution >= 4 is 35.1 Å². The number of anilines is 1. The summed E-state index contributed by atoms with van der Waals surface area (Å²) in [6, 6.07) is 20.0. The van der Waals surface area contributed by atoms with Gasteiger partial charge >= 0.3 is 0 Å². The molecule has 0 aliphatic carbocycles. The number of methoxy groups -OCH3 is 1. The van der Waals surface area contributed by atoms with Crippen LogP contribution in [0.5, 0.6) is 5.75 Å². The van der Waals surface area contributed by atoms with Gasteiger partial charge in [-0.3, -0.25) is 28.9 Å². The normalized spacial score (nSPS) is 12.6. The minimum Gasteiger partial charge on any atom is -0.497 e. The van der Waals surface area contributed by atoms with Gasteiger partial charge in [-0.2, -0.15) is 0 Å². The summed E-state index contributed by atoms with van der Waals surface area (Å²) < 4.78 is 6.98. The Morgan fingerprint density at radius 3 is 2.03 bits per heavy atom. The number of rotatable bonds is 7. The van der Waals surface area contributed by atoms with E-state index in [-0.39, 0.29) is 24.2 Å². The molecule has 0 atom stereocenters. The number of carbonyl (C=O) groups is 2. The van der Waals surface area contributed by atoms with E-state index in [1.54, 1.807) is 59.9 Å². The zero-order valence-corrected chi connectivity index (χ0v) is 17.2. The van der Waals surface area contributed by atoms with E-state index in [9.17, 15) is 19.7 Å². The molecule has 0 spiro atoms. The fraction of sp³-hybridized carbons (Fsp3) is 0.0909. The monoisotopic (exact) mass is 435 g/mol. The molecule has 2 amide bonds. The average Bonchev–Trinajstić information content (AvgIpc) is 3.04. The quantitative estimate of drug-likeness (QED) is 0.235. The van der Waals surface area contributed by atoms with E-state index in [4.69, 9.17) is 4.74 Å². The number of ether oxygens (including phenoxy) is 1. The molecule has 3 aromatic rings. The van der Waals surface area contributed by atoms with E-state index in [1.807, 2.05) is 12.1 Å². The molecular formula is C22H17N3O5S. The van der Waals surface area contributed by atoms with E-state index in [2.05, 4.69) is 0 Å². The number of hydrogen-bond acceptors (Lipinski definition) is 7. The molecule has 0 N–H and O–H groups in total. The van der Waals surface area contributed by atoms with Crippen LogP contribution in [0.4, 0.5) is 11.4 Å². The summed E-state index contributed by atoms with van der Waals surface area (Å²) in [6.07, 6.45) is 0. The van der Waals surface area contributed by atoms with Crippen molar-refractivity contribution in [1.29, 1.82) is 0 Å². The molecule has 0 saturated carbocycles. The lowest BCUT2D eigenvalue weighted by atomic mass is 10.1. The van der Waals surface area contributed by atoms with Crippen molar-refractivity contribution in [3.05, 3.63) is 94.0 Å². The maximum absolute atomic E-state index is 12.8. The first kappa shape index (κ1) is 20.4. The Morgan fingerprint density at radius 2 is 1.52 bits per heavy atom. The zero-order valence-electron chi connectivity index (χ0n) is 16.4. The minimum absolute atomic E-state index is 0.000327. The Kier molecular flexibility index (Phi) is 5.59. The number of non-ortho nitro benzene ring substituents is 1. The van der Waals surface area contributed by atoms with Gasteiger partial charge in [-0.25, -0.2) is 0 Å². The summed E-state index contributed by atoms with van der Waals surface area (Å²) >= 11 is 1.27. The van der Waals surface area contributed by atoms with Gasteiger partial charge in [0, 0.05) is 22.7 Å². The molecule has 1 heterocycles. The van der Waals surface area contributed by atoms with Crippen LogP contribution in [0, 0.1) is 10.1 Å². The summed E-state index contributed by atoms with van der Waals surface area (Å²) in [6.45, 7) is 0.000327.